The van der Waals surface area contributed by atoms with Crippen LogP contribution in [0, 0.1) is 12.3 Å². The summed E-state index contributed by atoms with van der Waals surface area (Å²) in [5.74, 6) is -0.858. The van der Waals surface area contributed by atoms with Crippen molar-refractivity contribution in [1.82, 2.24) is 4.90 Å². The molecule has 1 aliphatic heterocycles. The maximum absolute atomic E-state index is 12.6. The molecule has 1 saturated heterocycles. The van der Waals surface area contributed by atoms with Gasteiger partial charge in [-0.3, -0.25) is 4.79 Å². The Kier molecular flexibility index (Phi) is 4.25. The highest BCUT2D eigenvalue weighted by Crippen LogP contribution is 2.35. The standard InChI is InChI=1S/C18H19BrN2O3/c1-11-9-14(19)12-5-3-4-6-13(12)15(11)20-17(24)21-8-7-18(2,10-21)16(22)23/h3-6,9H,7-8,10H2,1-2H3,(H,20,24)(H,22,23). The van der Waals surface area contributed by atoms with E-state index in [4.69, 9.17) is 0 Å². The Morgan fingerprint density at radius 2 is 1.96 bits per heavy atom. The highest BCUT2D eigenvalue weighted by atomic mass is 79.9. The minimum atomic E-state index is -0.867. The molecule has 0 aromatic heterocycles. The molecule has 5 nitrogen and oxygen atoms in total. The molecule has 0 radical (unpaired) electrons. The number of hydrogen-bond acceptors (Lipinski definition) is 2. The van der Waals surface area contributed by atoms with Gasteiger partial charge in [0.15, 0.2) is 0 Å². The zero-order valence-corrected chi connectivity index (χ0v) is 15.2. The van der Waals surface area contributed by atoms with Crippen molar-refractivity contribution < 1.29 is 14.7 Å². The van der Waals surface area contributed by atoms with Gasteiger partial charge < -0.3 is 15.3 Å². The lowest BCUT2D eigenvalue weighted by molar-refractivity contribution is -0.146. The first-order chi connectivity index (χ1) is 11.3. The number of likely N-dealkylation sites (tertiary alicyclic amines) is 1. The van der Waals surface area contributed by atoms with Crippen LogP contribution in [-0.4, -0.2) is 35.1 Å². The predicted molar refractivity (Wildman–Crippen MR) is 97.3 cm³/mol. The van der Waals surface area contributed by atoms with Crippen molar-refractivity contribution >= 4 is 44.4 Å². The number of carbonyl (C=O) groups excluding carboxylic acids is 1. The minimum absolute atomic E-state index is 0.224. The van der Waals surface area contributed by atoms with Crippen LogP contribution in [0.4, 0.5) is 10.5 Å². The number of anilines is 1. The predicted octanol–water partition coefficient (Wildman–Crippen LogP) is 4.24. The molecule has 0 aliphatic carbocycles. The fraction of sp³-hybridized carbons (Fsp3) is 0.333. The number of nitrogens with one attached hydrogen (secondary N) is 1. The van der Waals surface area contributed by atoms with Gasteiger partial charge in [0, 0.05) is 22.9 Å². The number of rotatable bonds is 2. The Hall–Kier alpha value is -2.08. The summed E-state index contributed by atoms with van der Waals surface area (Å²) in [6, 6.07) is 9.56. The Morgan fingerprint density at radius 3 is 2.58 bits per heavy atom. The highest BCUT2D eigenvalue weighted by molar-refractivity contribution is 9.10. The smallest absolute Gasteiger partial charge is 0.321 e. The maximum Gasteiger partial charge on any atom is 0.321 e. The number of fused-ring (bicyclic) bond motifs is 1. The van der Waals surface area contributed by atoms with Gasteiger partial charge in [-0.15, -0.1) is 0 Å². The summed E-state index contributed by atoms with van der Waals surface area (Å²) < 4.78 is 0.980. The van der Waals surface area contributed by atoms with E-state index in [-0.39, 0.29) is 12.6 Å². The van der Waals surface area contributed by atoms with Crippen LogP contribution in [0.25, 0.3) is 10.8 Å². The Labute approximate surface area is 148 Å². The Morgan fingerprint density at radius 1 is 1.29 bits per heavy atom. The zero-order valence-electron chi connectivity index (χ0n) is 13.6. The van der Waals surface area contributed by atoms with E-state index < -0.39 is 11.4 Å². The van der Waals surface area contributed by atoms with Crippen molar-refractivity contribution in [3.8, 4) is 0 Å². The summed E-state index contributed by atoms with van der Waals surface area (Å²) in [6.07, 6.45) is 0.468. The number of amides is 2. The molecular weight excluding hydrogens is 372 g/mol. The molecule has 2 amide bonds. The largest absolute Gasteiger partial charge is 0.481 e. The van der Waals surface area contributed by atoms with Gasteiger partial charge in [0.2, 0.25) is 0 Å². The molecular formula is C18H19BrN2O3. The molecule has 6 heteroatoms. The third-order valence-electron chi connectivity index (χ3n) is 4.70. The number of nitrogens with zero attached hydrogens (tertiary/aromatic N) is 1. The Balaban J connectivity index is 1.88. The molecule has 2 aromatic carbocycles. The number of aliphatic carboxylic acids is 1. The molecule has 0 saturated carbocycles. The summed E-state index contributed by atoms with van der Waals surface area (Å²) in [4.78, 5) is 25.5. The molecule has 1 aliphatic rings. The van der Waals surface area contributed by atoms with Crippen molar-refractivity contribution in [2.45, 2.75) is 20.3 Å². The molecule has 0 bridgehead atoms. The number of urea groups is 1. The summed E-state index contributed by atoms with van der Waals surface area (Å²) >= 11 is 3.56. The second-order valence-electron chi connectivity index (χ2n) is 6.56. The van der Waals surface area contributed by atoms with Gasteiger partial charge in [-0.2, -0.15) is 0 Å². The van der Waals surface area contributed by atoms with Crippen LogP contribution in [0.1, 0.15) is 18.9 Å². The first kappa shape index (κ1) is 16.8. The number of hydrogen-bond donors (Lipinski definition) is 2. The lowest BCUT2D eigenvalue weighted by Gasteiger charge is -2.22. The van der Waals surface area contributed by atoms with E-state index in [9.17, 15) is 14.7 Å². The molecule has 1 unspecified atom stereocenters. The van der Waals surface area contributed by atoms with Crippen molar-refractivity contribution in [2.75, 3.05) is 18.4 Å². The highest BCUT2D eigenvalue weighted by Gasteiger charge is 2.42. The van der Waals surface area contributed by atoms with Crippen molar-refractivity contribution in [3.63, 3.8) is 0 Å². The number of carboxylic acids is 1. The number of aryl methyl sites for hydroxylation is 1. The van der Waals surface area contributed by atoms with Gasteiger partial charge in [-0.25, -0.2) is 4.79 Å². The number of carbonyl (C=O) groups is 2. The van der Waals surface area contributed by atoms with Crippen LogP contribution in [0.5, 0.6) is 0 Å². The molecule has 126 valence electrons. The quantitative estimate of drug-likeness (QED) is 0.805. The van der Waals surface area contributed by atoms with Gasteiger partial charge in [-0.1, -0.05) is 40.2 Å². The third-order valence-corrected chi connectivity index (χ3v) is 5.36. The monoisotopic (exact) mass is 390 g/mol. The van der Waals surface area contributed by atoms with Gasteiger partial charge in [-0.05, 0) is 37.3 Å². The lowest BCUT2D eigenvalue weighted by Crippen LogP contribution is -2.37. The van der Waals surface area contributed by atoms with Crippen LogP contribution >= 0.6 is 15.9 Å². The van der Waals surface area contributed by atoms with Gasteiger partial charge >= 0.3 is 12.0 Å². The van der Waals surface area contributed by atoms with E-state index >= 15 is 0 Å². The van der Waals surface area contributed by atoms with E-state index in [2.05, 4.69) is 21.2 Å². The van der Waals surface area contributed by atoms with E-state index in [0.717, 1.165) is 26.5 Å². The molecule has 3 rings (SSSR count). The average molecular weight is 391 g/mol. The summed E-state index contributed by atoms with van der Waals surface area (Å²) in [6.45, 7) is 4.30. The van der Waals surface area contributed by atoms with Crippen LogP contribution < -0.4 is 5.32 Å². The van der Waals surface area contributed by atoms with Crippen LogP contribution in [0.2, 0.25) is 0 Å². The molecule has 0 spiro atoms. The third kappa shape index (κ3) is 2.86. The summed E-state index contributed by atoms with van der Waals surface area (Å²) in [7, 11) is 0. The second-order valence-corrected chi connectivity index (χ2v) is 7.42. The van der Waals surface area contributed by atoms with Gasteiger partial charge in [0.1, 0.15) is 0 Å². The molecule has 1 fully saturated rings. The van der Waals surface area contributed by atoms with Gasteiger partial charge in [0.05, 0.1) is 11.1 Å². The molecule has 1 heterocycles. The molecule has 2 aromatic rings. The Bertz CT molecular complexity index is 836. The van der Waals surface area contributed by atoms with Crippen LogP contribution in [0.15, 0.2) is 34.8 Å². The van der Waals surface area contributed by atoms with E-state index in [1.165, 1.54) is 0 Å². The number of halogens is 1. The fourth-order valence-electron chi connectivity index (χ4n) is 3.12. The molecule has 24 heavy (non-hydrogen) atoms. The van der Waals surface area contributed by atoms with Crippen LogP contribution in [0.3, 0.4) is 0 Å². The summed E-state index contributed by atoms with van der Waals surface area (Å²) in [5.41, 5.74) is 0.852. The van der Waals surface area contributed by atoms with Crippen molar-refractivity contribution in [1.29, 1.82) is 0 Å². The van der Waals surface area contributed by atoms with E-state index in [1.807, 2.05) is 37.3 Å². The molecule has 1 atom stereocenters. The topological polar surface area (TPSA) is 69.6 Å². The second kappa shape index (κ2) is 6.09. The lowest BCUT2D eigenvalue weighted by atomic mass is 9.90. The number of carboxylic acid groups (broad SMARTS) is 1. The minimum Gasteiger partial charge on any atom is -0.481 e. The van der Waals surface area contributed by atoms with E-state index in [0.29, 0.717) is 13.0 Å². The summed E-state index contributed by atoms with van der Waals surface area (Å²) in [5, 5.41) is 14.3. The van der Waals surface area contributed by atoms with Gasteiger partial charge in [0.25, 0.3) is 0 Å². The normalized spacial score (nSPS) is 20.4. The van der Waals surface area contributed by atoms with Crippen molar-refractivity contribution in [2.24, 2.45) is 5.41 Å². The zero-order chi connectivity index (χ0) is 17.5. The maximum atomic E-state index is 12.6. The first-order valence-electron chi connectivity index (χ1n) is 7.79. The number of benzene rings is 2. The van der Waals surface area contributed by atoms with Crippen LogP contribution in [-0.2, 0) is 4.79 Å². The van der Waals surface area contributed by atoms with E-state index in [1.54, 1.807) is 11.8 Å². The average Bonchev–Trinajstić information content (AvgIpc) is 2.95. The SMILES string of the molecule is Cc1cc(Br)c2ccccc2c1NC(=O)N1CCC(C)(C(=O)O)C1. The van der Waals surface area contributed by atoms with Crippen molar-refractivity contribution in [3.05, 3.63) is 40.4 Å². The molecule has 2 N–H and O–H groups in total. The fourth-order valence-corrected chi connectivity index (χ4v) is 3.81. The first-order valence-corrected chi connectivity index (χ1v) is 8.58.